The zero-order chi connectivity index (χ0) is 14.5. The first-order chi connectivity index (χ1) is 9.39. The minimum Gasteiger partial charge on any atom is -0.331 e. The molecule has 0 saturated carbocycles. The van der Waals surface area contributed by atoms with Crippen LogP contribution in [0.3, 0.4) is 0 Å². The highest BCUT2D eigenvalue weighted by Crippen LogP contribution is 2.35. The molecule has 1 aromatic heterocycles. The van der Waals surface area contributed by atoms with Gasteiger partial charge in [0.25, 0.3) is 5.91 Å². The molecule has 5 nitrogen and oxygen atoms in total. The number of fused-ring (bicyclic) bond motifs is 1. The summed E-state index contributed by atoms with van der Waals surface area (Å²) < 4.78 is 4.02. The van der Waals surface area contributed by atoms with E-state index in [0.29, 0.717) is 18.0 Å². The van der Waals surface area contributed by atoms with Crippen LogP contribution in [0.5, 0.6) is 0 Å². The minimum absolute atomic E-state index is 0.119. The van der Waals surface area contributed by atoms with Crippen molar-refractivity contribution in [2.75, 3.05) is 13.1 Å². The monoisotopic (exact) mass is 294 g/mol. The second-order valence-corrected chi connectivity index (χ2v) is 7.74. The molecule has 6 heteroatoms. The smallest absolute Gasteiger partial charge is 0.268 e. The van der Waals surface area contributed by atoms with Gasteiger partial charge in [-0.15, -0.1) is 5.10 Å². The van der Waals surface area contributed by atoms with Gasteiger partial charge < -0.3 is 10.2 Å². The SMILES string of the molecule is CC1CC2CNCC2N1C(=O)c1snnc1C(C)(C)C. The summed E-state index contributed by atoms with van der Waals surface area (Å²) in [7, 11) is 0. The van der Waals surface area contributed by atoms with Crippen molar-refractivity contribution >= 4 is 17.4 Å². The number of nitrogens with zero attached hydrogens (tertiary/aromatic N) is 3. The Kier molecular flexibility index (Phi) is 3.33. The molecule has 0 aromatic carbocycles. The molecule has 1 N–H and O–H groups in total. The van der Waals surface area contributed by atoms with Gasteiger partial charge in [-0.3, -0.25) is 4.79 Å². The Morgan fingerprint density at radius 1 is 1.40 bits per heavy atom. The zero-order valence-corrected chi connectivity index (χ0v) is 13.3. The van der Waals surface area contributed by atoms with E-state index in [9.17, 15) is 4.79 Å². The molecule has 0 spiro atoms. The van der Waals surface area contributed by atoms with Crippen LogP contribution in [0.15, 0.2) is 0 Å². The fourth-order valence-corrected chi connectivity index (χ4v) is 4.27. The van der Waals surface area contributed by atoms with Gasteiger partial charge in [0.15, 0.2) is 0 Å². The van der Waals surface area contributed by atoms with Gasteiger partial charge in [0, 0.05) is 30.6 Å². The molecule has 110 valence electrons. The van der Waals surface area contributed by atoms with Crippen molar-refractivity contribution in [3.8, 4) is 0 Å². The average molecular weight is 294 g/mol. The molecule has 0 bridgehead atoms. The van der Waals surface area contributed by atoms with E-state index in [1.54, 1.807) is 0 Å². The maximum atomic E-state index is 13.0. The molecule has 3 atom stereocenters. The topological polar surface area (TPSA) is 58.1 Å². The Bertz CT molecular complexity index is 521. The maximum Gasteiger partial charge on any atom is 0.268 e. The first kappa shape index (κ1) is 13.9. The third-order valence-corrected chi connectivity index (χ3v) is 5.12. The molecule has 1 amide bonds. The van der Waals surface area contributed by atoms with E-state index in [-0.39, 0.29) is 11.3 Å². The summed E-state index contributed by atoms with van der Waals surface area (Å²) in [4.78, 5) is 15.7. The number of hydrogen-bond donors (Lipinski definition) is 1. The molecule has 2 saturated heterocycles. The summed E-state index contributed by atoms with van der Waals surface area (Å²) in [5, 5.41) is 7.59. The van der Waals surface area contributed by atoms with Gasteiger partial charge in [-0.1, -0.05) is 25.3 Å². The van der Waals surface area contributed by atoms with E-state index in [4.69, 9.17) is 0 Å². The van der Waals surface area contributed by atoms with Crippen LogP contribution in [0.4, 0.5) is 0 Å². The molecule has 2 aliphatic heterocycles. The van der Waals surface area contributed by atoms with Crippen molar-refractivity contribution in [2.24, 2.45) is 5.92 Å². The zero-order valence-electron chi connectivity index (χ0n) is 12.5. The van der Waals surface area contributed by atoms with Crippen molar-refractivity contribution in [1.82, 2.24) is 19.8 Å². The number of carbonyl (C=O) groups excluding carboxylic acids is 1. The molecular weight excluding hydrogens is 272 g/mol. The van der Waals surface area contributed by atoms with E-state index < -0.39 is 0 Å². The molecule has 0 radical (unpaired) electrons. The van der Waals surface area contributed by atoms with Crippen molar-refractivity contribution in [1.29, 1.82) is 0 Å². The highest BCUT2D eigenvalue weighted by molar-refractivity contribution is 7.08. The van der Waals surface area contributed by atoms with Crippen LogP contribution < -0.4 is 5.32 Å². The summed E-state index contributed by atoms with van der Waals surface area (Å²) in [6.07, 6.45) is 1.10. The van der Waals surface area contributed by atoms with Gasteiger partial charge in [-0.05, 0) is 30.8 Å². The summed E-state index contributed by atoms with van der Waals surface area (Å²) in [6.45, 7) is 10.3. The average Bonchev–Trinajstić information content (AvgIpc) is 2.99. The first-order valence-corrected chi connectivity index (χ1v) is 8.03. The van der Waals surface area contributed by atoms with Crippen molar-refractivity contribution in [3.63, 3.8) is 0 Å². The lowest BCUT2D eigenvalue weighted by Gasteiger charge is -2.28. The Balaban J connectivity index is 1.91. The Hall–Kier alpha value is -1.01. The molecule has 3 heterocycles. The maximum absolute atomic E-state index is 13.0. The Morgan fingerprint density at radius 2 is 2.15 bits per heavy atom. The number of rotatable bonds is 1. The molecule has 2 aliphatic rings. The molecule has 2 fully saturated rings. The van der Waals surface area contributed by atoms with Crippen LogP contribution in [0.1, 0.15) is 49.5 Å². The fourth-order valence-electron chi connectivity index (χ4n) is 3.45. The summed E-state index contributed by atoms with van der Waals surface area (Å²) in [5.41, 5.74) is 0.683. The lowest BCUT2D eigenvalue weighted by molar-refractivity contribution is 0.0684. The third kappa shape index (κ3) is 2.15. The largest absolute Gasteiger partial charge is 0.331 e. The van der Waals surface area contributed by atoms with Crippen LogP contribution in [-0.2, 0) is 5.41 Å². The van der Waals surface area contributed by atoms with E-state index in [1.165, 1.54) is 11.5 Å². The molecule has 1 aromatic rings. The Labute approximate surface area is 123 Å². The van der Waals surface area contributed by atoms with E-state index in [2.05, 4.69) is 47.5 Å². The van der Waals surface area contributed by atoms with E-state index in [0.717, 1.165) is 30.1 Å². The Morgan fingerprint density at radius 3 is 2.85 bits per heavy atom. The molecule has 3 rings (SSSR count). The van der Waals surface area contributed by atoms with Crippen molar-refractivity contribution in [2.45, 2.75) is 51.6 Å². The van der Waals surface area contributed by atoms with Crippen LogP contribution in [0.25, 0.3) is 0 Å². The first-order valence-electron chi connectivity index (χ1n) is 7.26. The van der Waals surface area contributed by atoms with Gasteiger partial charge in [-0.2, -0.15) is 0 Å². The highest BCUT2D eigenvalue weighted by atomic mass is 32.1. The second-order valence-electron chi connectivity index (χ2n) is 6.98. The number of amides is 1. The summed E-state index contributed by atoms with van der Waals surface area (Å²) in [5.74, 6) is 0.724. The number of carbonyl (C=O) groups is 1. The molecule has 0 aliphatic carbocycles. The van der Waals surface area contributed by atoms with Gasteiger partial charge >= 0.3 is 0 Å². The van der Waals surface area contributed by atoms with Gasteiger partial charge in [0.05, 0.1) is 5.69 Å². The number of aromatic nitrogens is 2. The van der Waals surface area contributed by atoms with Crippen molar-refractivity contribution in [3.05, 3.63) is 10.6 Å². The predicted octanol–water partition coefficient (Wildman–Crippen LogP) is 1.66. The second kappa shape index (κ2) is 4.77. The summed E-state index contributed by atoms with van der Waals surface area (Å²) in [6, 6.07) is 0.655. The number of nitrogens with one attached hydrogen (secondary N) is 1. The highest BCUT2D eigenvalue weighted by Gasteiger charge is 2.45. The fraction of sp³-hybridized carbons (Fsp3) is 0.786. The lowest BCUT2D eigenvalue weighted by atomic mass is 9.91. The number of hydrogen-bond acceptors (Lipinski definition) is 5. The minimum atomic E-state index is -0.145. The summed E-state index contributed by atoms with van der Waals surface area (Å²) >= 11 is 1.23. The van der Waals surface area contributed by atoms with Crippen LogP contribution in [0.2, 0.25) is 0 Å². The standard InChI is InChI=1S/C14H22N4OS/c1-8-5-9-6-15-7-10(9)18(8)13(19)11-12(14(2,3)4)16-17-20-11/h8-10,15H,5-7H2,1-4H3. The van der Waals surface area contributed by atoms with Gasteiger partial charge in [0.2, 0.25) is 0 Å². The van der Waals surface area contributed by atoms with E-state index in [1.807, 2.05) is 0 Å². The number of likely N-dealkylation sites (tertiary alicyclic amines) is 1. The molecule has 3 unspecified atom stereocenters. The van der Waals surface area contributed by atoms with Crippen LogP contribution in [-0.4, -0.2) is 45.6 Å². The van der Waals surface area contributed by atoms with Crippen LogP contribution >= 0.6 is 11.5 Å². The lowest BCUT2D eigenvalue weighted by Crippen LogP contribution is -2.43. The van der Waals surface area contributed by atoms with Crippen LogP contribution in [0, 0.1) is 5.92 Å². The van der Waals surface area contributed by atoms with Gasteiger partial charge in [0.1, 0.15) is 4.88 Å². The predicted molar refractivity (Wildman–Crippen MR) is 79.0 cm³/mol. The molecular formula is C14H22N4OS. The molecule has 20 heavy (non-hydrogen) atoms. The quantitative estimate of drug-likeness (QED) is 0.856. The van der Waals surface area contributed by atoms with E-state index >= 15 is 0 Å². The normalized spacial score (nSPS) is 29.8. The van der Waals surface area contributed by atoms with Gasteiger partial charge in [-0.25, -0.2) is 0 Å². The van der Waals surface area contributed by atoms with Crippen molar-refractivity contribution < 1.29 is 4.79 Å². The third-order valence-electron chi connectivity index (χ3n) is 4.41.